The summed E-state index contributed by atoms with van der Waals surface area (Å²) in [6.07, 6.45) is -5.60. The zero-order chi connectivity index (χ0) is 15.5. The van der Waals surface area contributed by atoms with E-state index >= 15 is 0 Å². The van der Waals surface area contributed by atoms with Crippen molar-refractivity contribution in [1.29, 1.82) is 0 Å². The van der Waals surface area contributed by atoms with Gasteiger partial charge >= 0.3 is 6.18 Å². The molecule has 0 unspecified atom stereocenters. The summed E-state index contributed by atoms with van der Waals surface area (Å²) >= 11 is 0. The van der Waals surface area contributed by atoms with Crippen molar-refractivity contribution in [3.8, 4) is 0 Å². The van der Waals surface area contributed by atoms with E-state index in [1.165, 1.54) is 12.1 Å². The number of nitrogens with zero attached hydrogens (tertiary/aromatic N) is 1. The Morgan fingerprint density at radius 2 is 1.81 bits per heavy atom. The van der Waals surface area contributed by atoms with E-state index in [9.17, 15) is 22.0 Å². The van der Waals surface area contributed by atoms with Gasteiger partial charge in [0.2, 0.25) is 0 Å². The Balaban J connectivity index is 2.23. The molecule has 7 heteroatoms. The molecule has 1 aliphatic rings. The van der Waals surface area contributed by atoms with Gasteiger partial charge in [-0.15, -0.1) is 0 Å². The van der Waals surface area contributed by atoms with Crippen LogP contribution in [0.3, 0.4) is 0 Å². The molecule has 1 saturated heterocycles. The Bertz CT molecular complexity index is 469. The number of nitrogens with one attached hydrogen (secondary N) is 1. The van der Waals surface area contributed by atoms with Gasteiger partial charge in [0, 0.05) is 44.2 Å². The Morgan fingerprint density at radius 3 is 2.43 bits per heavy atom. The second-order valence-corrected chi connectivity index (χ2v) is 5.10. The third-order valence-electron chi connectivity index (χ3n) is 3.63. The Labute approximate surface area is 119 Å². The summed E-state index contributed by atoms with van der Waals surface area (Å²) in [6.45, 7) is 2.27. The van der Waals surface area contributed by atoms with E-state index in [0.717, 1.165) is 6.07 Å². The molecule has 0 bridgehead atoms. The number of hydrogen-bond donors (Lipinski definition) is 1. The smallest absolute Gasteiger partial charge is 0.314 e. The maximum Gasteiger partial charge on any atom is 0.389 e. The zero-order valence-corrected chi connectivity index (χ0v) is 11.4. The summed E-state index contributed by atoms with van der Waals surface area (Å²) in [4.78, 5) is 1.78. The standard InChI is InChI=1S/C14H17F5N2/c15-11-3-1-2-10(13(11)16)12(4-5-14(17,18)19)21-8-6-20-7-9-21/h1-3,12,20H,4-9H2/t12-/m1/s1. The van der Waals surface area contributed by atoms with Crippen LogP contribution in [0.1, 0.15) is 24.4 Å². The topological polar surface area (TPSA) is 15.3 Å². The molecule has 0 aromatic heterocycles. The molecule has 2 rings (SSSR count). The lowest BCUT2D eigenvalue weighted by Crippen LogP contribution is -2.45. The van der Waals surface area contributed by atoms with Gasteiger partial charge in [-0.2, -0.15) is 13.2 Å². The van der Waals surface area contributed by atoms with Crippen LogP contribution in [-0.2, 0) is 0 Å². The van der Waals surface area contributed by atoms with Crippen molar-refractivity contribution in [3.05, 3.63) is 35.4 Å². The SMILES string of the molecule is Fc1cccc([C@@H](CCC(F)(F)F)N2CCNCC2)c1F. The fraction of sp³-hybridized carbons (Fsp3) is 0.571. The number of benzene rings is 1. The summed E-state index contributed by atoms with van der Waals surface area (Å²) in [5.74, 6) is -2.08. The minimum Gasteiger partial charge on any atom is -0.314 e. The summed E-state index contributed by atoms with van der Waals surface area (Å²) in [5, 5.41) is 3.09. The van der Waals surface area contributed by atoms with Crippen molar-refractivity contribution in [3.63, 3.8) is 0 Å². The minimum atomic E-state index is -4.31. The van der Waals surface area contributed by atoms with E-state index < -0.39 is 30.3 Å². The molecule has 0 radical (unpaired) electrons. The third-order valence-corrected chi connectivity index (χ3v) is 3.63. The van der Waals surface area contributed by atoms with Crippen molar-refractivity contribution in [1.82, 2.24) is 10.2 Å². The van der Waals surface area contributed by atoms with Gasteiger partial charge in [-0.1, -0.05) is 12.1 Å². The molecule has 21 heavy (non-hydrogen) atoms. The molecule has 0 saturated carbocycles. The molecule has 0 amide bonds. The van der Waals surface area contributed by atoms with Crippen molar-refractivity contribution in [2.45, 2.75) is 25.1 Å². The average Bonchev–Trinajstić information content (AvgIpc) is 2.43. The highest BCUT2D eigenvalue weighted by Crippen LogP contribution is 2.33. The summed E-state index contributed by atoms with van der Waals surface area (Å²) < 4.78 is 64.7. The molecule has 118 valence electrons. The van der Waals surface area contributed by atoms with Crippen LogP contribution < -0.4 is 5.32 Å². The van der Waals surface area contributed by atoms with E-state index in [-0.39, 0.29) is 12.0 Å². The van der Waals surface area contributed by atoms with Gasteiger partial charge in [-0.25, -0.2) is 8.78 Å². The van der Waals surface area contributed by atoms with Crippen LogP contribution in [0.25, 0.3) is 0 Å². The van der Waals surface area contributed by atoms with E-state index in [1.54, 1.807) is 4.90 Å². The third kappa shape index (κ3) is 4.38. The first-order valence-electron chi connectivity index (χ1n) is 6.84. The van der Waals surface area contributed by atoms with E-state index in [4.69, 9.17) is 0 Å². The summed E-state index contributed by atoms with van der Waals surface area (Å²) in [5.41, 5.74) is 0.00106. The van der Waals surface area contributed by atoms with Crippen LogP contribution in [0.2, 0.25) is 0 Å². The van der Waals surface area contributed by atoms with E-state index in [0.29, 0.717) is 26.2 Å². The largest absolute Gasteiger partial charge is 0.389 e. The van der Waals surface area contributed by atoms with Gasteiger partial charge < -0.3 is 5.32 Å². The van der Waals surface area contributed by atoms with Gasteiger partial charge in [-0.3, -0.25) is 4.90 Å². The Morgan fingerprint density at radius 1 is 1.14 bits per heavy atom. The van der Waals surface area contributed by atoms with Gasteiger partial charge in [0.25, 0.3) is 0 Å². The molecule has 1 fully saturated rings. The maximum atomic E-state index is 13.9. The second-order valence-electron chi connectivity index (χ2n) is 5.10. The zero-order valence-electron chi connectivity index (χ0n) is 11.4. The lowest BCUT2D eigenvalue weighted by atomic mass is 9.98. The van der Waals surface area contributed by atoms with E-state index in [1.807, 2.05) is 0 Å². The highest BCUT2D eigenvalue weighted by atomic mass is 19.4. The predicted octanol–water partition coefficient (Wildman–Crippen LogP) is 3.25. The number of piperazine rings is 1. The Kier molecular flexibility index (Phi) is 5.16. The fourth-order valence-electron chi connectivity index (χ4n) is 2.61. The van der Waals surface area contributed by atoms with Crippen LogP contribution >= 0.6 is 0 Å². The van der Waals surface area contributed by atoms with Crippen LogP contribution in [0.15, 0.2) is 18.2 Å². The lowest BCUT2D eigenvalue weighted by Gasteiger charge is -2.35. The first-order chi connectivity index (χ1) is 9.88. The molecule has 1 aliphatic heterocycles. The normalized spacial score (nSPS) is 18.7. The summed E-state index contributed by atoms with van der Waals surface area (Å²) in [6, 6.07) is 2.90. The molecule has 1 heterocycles. The van der Waals surface area contributed by atoms with Crippen molar-refractivity contribution in [2.24, 2.45) is 0 Å². The van der Waals surface area contributed by atoms with Crippen LogP contribution in [-0.4, -0.2) is 37.3 Å². The highest BCUT2D eigenvalue weighted by molar-refractivity contribution is 5.23. The maximum absolute atomic E-state index is 13.9. The molecule has 1 aromatic carbocycles. The fourth-order valence-corrected chi connectivity index (χ4v) is 2.61. The van der Waals surface area contributed by atoms with Crippen LogP contribution in [0, 0.1) is 11.6 Å². The molecule has 1 atom stereocenters. The first kappa shape index (κ1) is 16.2. The Hall–Kier alpha value is -1.21. The quantitative estimate of drug-likeness (QED) is 0.859. The molecule has 2 nitrogen and oxygen atoms in total. The summed E-state index contributed by atoms with van der Waals surface area (Å²) in [7, 11) is 0. The predicted molar refractivity (Wildman–Crippen MR) is 68.8 cm³/mol. The minimum absolute atomic E-state index is 0.00106. The molecular weight excluding hydrogens is 291 g/mol. The lowest BCUT2D eigenvalue weighted by molar-refractivity contribution is -0.138. The van der Waals surface area contributed by atoms with Crippen molar-refractivity contribution in [2.75, 3.05) is 26.2 Å². The highest BCUT2D eigenvalue weighted by Gasteiger charge is 2.32. The van der Waals surface area contributed by atoms with Gasteiger partial charge in [0.15, 0.2) is 11.6 Å². The van der Waals surface area contributed by atoms with Gasteiger partial charge in [-0.05, 0) is 12.5 Å². The number of alkyl halides is 3. The number of rotatable bonds is 4. The van der Waals surface area contributed by atoms with Crippen molar-refractivity contribution >= 4 is 0 Å². The monoisotopic (exact) mass is 308 g/mol. The second kappa shape index (κ2) is 6.70. The molecule has 1 aromatic rings. The molecule has 0 aliphatic carbocycles. The number of hydrogen-bond acceptors (Lipinski definition) is 2. The number of halogens is 5. The van der Waals surface area contributed by atoms with Crippen LogP contribution in [0.4, 0.5) is 22.0 Å². The van der Waals surface area contributed by atoms with Gasteiger partial charge in [0.1, 0.15) is 0 Å². The molecule has 0 spiro atoms. The van der Waals surface area contributed by atoms with Gasteiger partial charge in [0.05, 0.1) is 0 Å². The van der Waals surface area contributed by atoms with Crippen LogP contribution in [0.5, 0.6) is 0 Å². The molecule has 1 N–H and O–H groups in total. The first-order valence-corrected chi connectivity index (χ1v) is 6.84. The molecular formula is C14H17F5N2. The average molecular weight is 308 g/mol. The van der Waals surface area contributed by atoms with Crippen molar-refractivity contribution < 1.29 is 22.0 Å². The van der Waals surface area contributed by atoms with E-state index in [2.05, 4.69) is 5.32 Å².